The van der Waals surface area contributed by atoms with E-state index in [2.05, 4.69) is 9.71 Å². The van der Waals surface area contributed by atoms with E-state index in [0.29, 0.717) is 21.9 Å². The molecule has 0 spiro atoms. The Bertz CT molecular complexity index is 1220. The number of allylic oxidation sites excluding steroid dienone is 5. The number of carbonyl (C=O) groups is 1. The number of nitrogens with one attached hydrogen (secondary N) is 1. The lowest BCUT2D eigenvalue weighted by molar-refractivity contribution is -0.114. The molecular formula is C23H19ClN2O3S. The molecule has 0 saturated carbocycles. The highest BCUT2D eigenvalue weighted by Crippen LogP contribution is 2.36. The number of dihydropyridines is 1. The molecule has 1 amide bonds. The predicted octanol–water partition coefficient (Wildman–Crippen LogP) is 4.02. The van der Waals surface area contributed by atoms with E-state index in [4.69, 9.17) is 11.6 Å². The summed E-state index contributed by atoms with van der Waals surface area (Å²) < 4.78 is 28.0. The van der Waals surface area contributed by atoms with Crippen LogP contribution in [0.15, 0.2) is 93.3 Å². The number of sulfonamides is 1. The van der Waals surface area contributed by atoms with Crippen molar-refractivity contribution in [2.75, 3.05) is 6.54 Å². The summed E-state index contributed by atoms with van der Waals surface area (Å²) in [5, 5.41) is 0.543. The van der Waals surface area contributed by atoms with Crippen molar-refractivity contribution >= 4 is 38.8 Å². The molecule has 2 aliphatic rings. The lowest BCUT2D eigenvalue weighted by Crippen LogP contribution is -2.32. The second kappa shape index (κ2) is 8.14. The van der Waals surface area contributed by atoms with Crippen molar-refractivity contribution in [1.82, 2.24) is 4.72 Å². The Kier molecular flexibility index (Phi) is 5.56. The Morgan fingerprint density at radius 2 is 1.73 bits per heavy atom. The topological polar surface area (TPSA) is 75.6 Å². The number of carbonyl (C=O) groups excluding carboxylic acids is 1. The zero-order valence-electron chi connectivity index (χ0n) is 16.2. The van der Waals surface area contributed by atoms with Crippen molar-refractivity contribution in [3.63, 3.8) is 0 Å². The first-order chi connectivity index (χ1) is 14.3. The number of hydrogen-bond donors (Lipinski definition) is 1. The lowest BCUT2D eigenvalue weighted by atomic mass is 9.81. The molecule has 0 aromatic heterocycles. The van der Waals surface area contributed by atoms with Gasteiger partial charge in [0.2, 0.25) is 10.0 Å². The molecule has 30 heavy (non-hydrogen) atoms. The van der Waals surface area contributed by atoms with Crippen molar-refractivity contribution in [3.05, 3.63) is 94.6 Å². The first-order valence-corrected chi connectivity index (χ1v) is 11.2. The van der Waals surface area contributed by atoms with Crippen LogP contribution in [0.4, 0.5) is 0 Å². The lowest BCUT2D eigenvalue weighted by Gasteiger charge is -2.27. The minimum atomic E-state index is -3.79. The second-order valence-corrected chi connectivity index (χ2v) is 9.30. The highest BCUT2D eigenvalue weighted by molar-refractivity contribution is 7.89. The second-order valence-electron chi connectivity index (χ2n) is 7.10. The number of hydrogen-bond acceptors (Lipinski definition) is 3. The van der Waals surface area contributed by atoms with Gasteiger partial charge in [-0.05, 0) is 42.3 Å². The zero-order chi connectivity index (χ0) is 21.3. The van der Waals surface area contributed by atoms with E-state index < -0.39 is 15.9 Å². The molecule has 0 fully saturated rings. The molecule has 1 aliphatic heterocycles. The van der Waals surface area contributed by atoms with Gasteiger partial charge in [0.15, 0.2) is 0 Å². The molecule has 2 aromatic carbocycles. The molecule has 1 unspecified atom stereocenters. The summed E-state index contributed by atoms with van der Waals surface area (Å²) in [7, 11) is -3.79. The molecular weight excluding hydrogens is 420 g/mol. The first-order valence-electron chi connectivity index (χ1n) is 9.38. The van der Waals surface area contributed by atoms with Crippen molar-refractivity contribution in [2.45, 2.75) is 11.8 Å². The molecule has 7 heteroatoms. The predicted molar refractivity (Wildman–Crippen MR) is 119 cm³/mol. The van der Waals surface area contributed by atoms with Gasteiger partial charge in [-0.15, -0.1) is 0 Å². The number of amides is 1. The van der Waals surface area contributed by atoms with Crippen LogP contribution >= 0.6 is 11.6 Å². The number of halogens is 1. The van der Waals surface area contributed by atoms with Gasteiger partial charge < -0.3 is 0 Å². The molecule has 4 rings (SSSR count). The first kappa shape index (κ1) is 20.5. The fourth-order valence-corrected chi connectivity index (χ4v) is 4.69. The summed E-state index contributed by atoms with van der Waals surface area (Å²) in [5.41, 5.74) is 3.39. The Morgan fingerprint density at radius 1 is 1.03 bits per heavy atom. The summed E-state index contributed by atoms with van der Waals surface area (Å²) in [5.74, 6) is -0.774. The zero-order valence-corrected chi connectivity index (χ0v) is 17.7. The van der Waals surface area contributed by atoms with Crippen LogP contribution in [0.2, 0.25) is 0 Å². The maximum atomic E-state index is 12.8. The standard InChI is InChI=1S/C23H19ClN2O3S/c1-15-7-10-18(11-8-15)30(28,29)25-14-20-22(16-5-3-2-4-6-16)19-13-17(24)9-12-21(19)26-23(20)27/h2-13,19,25H,14H2,1H3. The van der Waals surface area contributed by atoms with E-state index >= 15 is 0 Å². The quantitative estimate of drug-likeness (QED) is 0.766. The van der Waals surface area contributed by atoms with E-state index in [9.17, 15) is 13.2 Å². The van der Waals surface area contributed by atoms with E-state index in [0.717, 1.165) is 11.1 Å². The van der Waals surface area contributed by atoms with Gasteiger partial charge >= 0.3 is 0 Å². The van der Waals surface area contributed by atoms with Crippen LogP contribution in [0.5, 0.6) is 0 Å². The summed E-state index contributed by atoms with van der Waals surface area (Å²) in [6, 6.07) is 15.9. The molecule has 1 aliphatic carbocycles. The minimum absolute atomic E-state index is 0.144. The average Bonchev–Trinajstić information content (AvgIpc) is 2.73. The normalized spacial score (nSPS) is 18.7. The van der Waals surface area contributed by atoms with Crippen molar-refractivity contribution in [1.29, 1.82) is 0 Å². The molecule has 0 bridgehead atoms. The highest BCUT2D eigenvalue weighted by atomic mass is 35.5. The summed E-state index contributed by atoms with van der Waals surface area (Å²) in [6.45, 7) is 1.72. The number of nitrogens with zero attached hydrogens (tertiary/aromatic N) is 1. The fourth-order valence-electron chi connectivity index (χ4n) is 3.50. The Balaban J connectivity index is 1.74. The maximum absolute atomic E-state index is 12.8. The van der Waals surface area contributed by atoms with Gasteiger partial charge in [-0.25, -0.2) is 18.1 Å². The van der Waals surface area contributed by atoms with Crippen molar-refractivity contribution in [3.8, 4) is 0 Å². The van der Waals surface area contributed by atoms with Gasteiger partial charge in [-0.3, -0.25) is 4.79 Å². The summed E-state index contributed by atoms with van der Waals surface area (Å²) in [6.07, 6.45) is 5.24. The van der Waals surface area contributed by atoms with Gasteiger partial charge in [0.1, 0.15) is 0 Å². The van der Waals surface area contributed by atoms with Crippen molar-refractivity contribution < 1.29 is 13.2 Å². The minimum Gasteiger partial charge on any atom is -0.267 e. The smallest absolute Gasteiger partial charge is 0.267 e. The van der Waals surface area contributed by atoms with E-state index in [1.165, 1.54) is 12.1 Å². The molecule has 2 aromatic rings. The Morgan fingerprint density at radius 3 is 2.43 bits per heavy atom. The number of aryl methyl sites for hydroxylation is 1. The van der Waals surface area contributed by atoms with Crippen LogP contribution < -0.4 is 4.72 Å². The van der Waals surface area contributed by atoms with Crippen LogP contribution in [-0.4, -0.2) is 26.6 Å². The molecule has 0 saturated heterocycles. The molecule has 152 valence electrons. The SMILES string of the molecule is Cc1ccc(S(=O)(=O)NCC2=C(c3ccccc3)C3C=C(Cl)C=CC3=NC2=O)cc1. The van der Waals surface area contributed by atoms with Gasteiger partial charge in [-0.2, -0.15) is 0 Å². The largest absolute Gasteiger partial charge is 0.274 e. The highest BCUT2D eigenvalue weighted by Gasteiger charge is 2.32. The molecule has 1 N–H and O–H groups in total. The van der Waals surface area contributed by atoms with Crippen LogP contribution in [0.1, 0.15) is 11.1 Å². The van der Waals surface area contributed by atoms with Gasteiger partial charge in [0, 0.05) is 23.1 Å². The van der Waals surface area contributed by atoms with Crippen LogP contribution in [0, 0.1) is 12.8 Å². The number of fused-ring (bicyclic) bond motifs is 1. The molecule has 1 atom stereocenters. The maximum Gasteiger partial charge on any atom is 0.274 e. The van der Waals surface area contributed by atoms with Crippen LogP contribution in [-0.2, 0) is 14.8 Å². The summed E-state index contributed by atoms with van der Waals surface area (Å²) >= 11 is 6.22. The van der Waals surface area contributed by atoms with E-state index in [-0.39, 0.29) is 17.4 Å². The van der Waals surface area contributed by atoms with E-state index in [1.807, 2.05) is 43.3 Å². The third kappa shape index (κ3) is 4.07. The third-order valence-corrected chi connectivity index (χ3v) is 6.71. The molecule has 5 nitrogen and oxygen atoms in total. The van der Waals surface area contributed by atoms with Crippen molar-refractivity contribution in [2.24, 2.45) is 10.9 Å². The third-order valence-electron chi connectivity index (χ3n) is 5.04. The number of benzene rings is 2. The van der Waals surface area contributed by atoms with Gasteiger partial charge in [0.25, 0.3) is 5.91 Å². The Labute approximate surface area is 180 Å². The van der Waals surface area contributed by atoms with E-state index in [1.54, 1.807) is 24.3 Å². The Hall–Kier alpha value is -2.80. The number of rotatable bonds is 5. The van der Waals surface area contributed by atoms with Crippen LogP contribution in [0.25, 0.3) is 5.57 Å². The number of aliphatic imine (C=N–C) groups is 1. The molecule has 1 heterocycles. The average molecular weight is 439 g/mol. The monoisotopic (exact) mass is 438 g/mol. The van der Waals surface area contributed by atoms with Crippen LogP contribution in [0.3, 0.4) is 0 Å². The molecule has 0 radical (unpaired) electrons. The van der Waals surface area contributed by atoms with Gasteiger partial charge in [0.05, 0.1) is 10.6 Å². The fraction of sp³-hybridized carbons (Fsp3) is 0.130. The summed E-state index contributed by atoms with van der Waals surface area (Å²) in [4.78, 5) is 17.2. The van der Waals surface area contributed by atoms with Gasteiger partial charge in [-0.1, -0.05) is 65.7 Å².